The zero-order chi connectivity index (χ0) is 17.6. The van der Waals surface area contributed by atoms with Gasteiger partial charge in [0.2, 0.25) is 17.8 Å². The highest BCUT2D eigenvalue weighted by Gasteiger charge is 2.20. The highest BCUT2D eigenvalue weighted by atomic mass is 15.3. The summed E-state index contributed by atoms with van der Waals surface area (Å²) in [5.74, 6) is 1.46. The predicted octanol–water partition coefficient (Wildman–Crippen LogP) is 0.723. The van der Waals surface area contributed by atoms with Gasteiger partial charge in [0.1, 0.15) is 11.5 Å². The van der Waals surface area contributed by atoms with E-state index in [2.05, 4.69) is 29.9 Å². The van der Waals surface area contributed by atoms with Crippen molar-refractivity contribution >= 4 is 28.6 Å². The summed E-state index contributed by atoms with van der Waals surface area (Å²) in [6.07, 6.45) is 1.44. The number of imidazole rings is 1. The number of fused-ring (bicyclic) bond motifs is 1. The first-order valence-electron chi connectivity index (χ1n) is 7.37. The third-order valence-electron chi connectivity index (χ3n) is 3.56. The molecule has 3 heterocycles. The van der Waals surface area contributed by atoms with Crippen LogP contribution in [0.1, 0.15) is 5.82 Å². The average Bonchev–Trinajstić information content (AvgIpc) is 2.95. The molecule has 0 spiro atoms. The molecular formula is C15H14N10. The summed E-state index contributed by atoms with van der Waals surface area (Å²) in [5, 5.41) is 0. The van der Waals surface area contributed by atoms with E-state index in [4.69, 9.17) is 17.2 Å². The fraction of sp³-hybridized carbons (Fsp3) is 0.0667. The highest BCUT2D eigenvalue weighted by molar-refractivity contribution is 5.84. The van der Waals surface area contributed by atoms with Crippen LogP contribution >= 0.6 is 0 Å². The average molecular weight is 334 g/mol. The molecule has 25 heavy (non-hydrogen) atoms. The van der Waals surface area contributed by atoms with E-state index < -0.39 is 0 Å². The number of nitrogen functional groups attached to an aromatic ring is 3. The summed E-state index contributed by atoms with van der Waals surface area (Å²) in [7, 11) is 0. The smallest absolute Gasteiger partial charge is 0.241 e. The van der Waals surface area contributed by atoms with E-state index in [-0.39, 0.29) is 11.9 Å². The Morgan fingerprint density at radius 2 is 1.68 bits per heavy atom. The van der Waals surface area contributed by atoms with E-state index in [1.165, 1.54) is 6.20 Å². The molecule has 10 nitrogen and oxygen atoms in total. The Morgan fingerprint density at radius 1 is 0.880 bits per heavy atom. The van der Waals surface area contributed by atoms with Crippen molar-refractivity contribution in [2.75, 3.05) is 17.2 Å². The van der Waals surface area contributed by atoms with Gasteiger partial charge in [0, 0.05) is 0 Å². The van der Waals surface area contributed by atoms with Gasteiger partial charge in [-0.1, -0.05) is 12.1 Å². The van der Waals surface area contributed by atoms with E-state index in [9.17, 15) is 0 Å². The maximum Gasteiger partial charge on any atom is 0.241 e. The van der Waals surface area contributed by atoms with Crippen molar-refractivity contribution in [3.05, 3.63) is 36.3 Å². The summed E-state index contributed by atoms with van der Waals surface area (Å²) in [4.78, 5) is 25.3. The molecule has 4 rings (SSSR count). The number of benzene rings is 1. The first kappa shape index (κ1) is 14.8. The number of aryl methyl sites for hydroxylation is 1. The minimum Gasteiger partial charge on any atom is -0.396 e. The summed E-state index contributed by atoms with van der Waals surface area (Å²) < 4.78 is 1.72. The first-order chi connectivity index (χ1) is 12.0. The van der Waals surface area contributed by atoms with Gasteiger partial charge in [-0.15, -0.1) is 0 Å². The lowest BCUT2D eigenvalue weighted by Crippen LogP contribution is -2.10. The number of nitrogens with two attached hydrogens (primary N) is 3. The fourth-order valence-corrected chi connectivity index (χ4v) is 2.56. The Bertz CT molecular complexity index is 1080. The minimum absolute atomic E-state index is 0.0918. The quantitative estimate of drug-likeness (QED) is 0.479. The van der Waals surface area contributed by atoms with Crippen LogP contribution in [0.15, 0.2) is 30.5 Å². The van der Waals surface area contributed by atoms with Crippen LogP contribution in [0.2, 0.25) is 0 Å². The number of rotatable bonds is 2. The zero-order valence-corrected chi connectivity index (χ0v) is 13.2. The lowest BCUT2D eigenvalue weighted by molar-refractivity contribution is 0.891. The van der Waals surface area contributed by atoms with Crippen LogP contribution in [0.25, 0.3) is 28.5 Å². The van der Waals surface area contributed by atoms with Crippen LogP contribution in [-0.4, -0.2) is 34.5 Å². The van der Waals surface area contributed by atoms with Gasteiger partial charge in [0.15, 0.2) is 5.82 Å². The number of nitrogens with zero attached hydrogens (tertiary/aromatic N) is 7. The van der Waals surface area contributed by atoms with Gasteiger partial charge in [-0.05, 0) is 19.1 Å². The Kier molecular flexibility index (Phi) is 3.17. The SMILES string of the molecule is Cc1nc(N)nc(-n2c(-c3nc(N)ncc3N)nc3ccccc32)n1. The van der Waals surface area contributed by atoms with Crippen LogP contribution in [0.3, 0.4) is 0 Å². The second-order valence-electron chi connectivity index (χ2n) is 5.33. The highest BCUT2D eigenvalue weighted by Crippen LogP contribution is 2.29. The summed E-state index contributed by atoms with van der Waals surface area (Å²) in [6.45, 7) is 1.73. The summed E-state index contributed by atoms with van der Waals surface area (Å²) in [6, 6.07) is 7.53. The van der Waals surface area contributed by atoms with E-state index >= 15 is 0 Å². The van der Waals surface area contributed by atoms with E-state index in [0.717, 1.165) is 11.0 Å². The van der Waals surface area contributed by atoms with Crippen molar-refractivity contribution in [3.8, 4) is 17.5 Å². The molecule has 0 unspecified atom stereocenters. The van der Waals surface area contributed by atoms with Crippen molar-refractivity contribution < 1.29 is 0 Å². The molecule has 6 N–H and O–H groups in total. The second-order valence-corrected chi connectivity index (χ2v) is 5.33. The Morgan fingerprint density at radius 3 is 2.48 bits per heavy atom. The molecule has 10 heteroatoms. The topological polar surface area (TPSA) is 160 Å². The lowest BCUT2D eigenvalue weighted by Gasteiger charge is -2.09. The number of aromatic nitrogens is 7. The molecule has 0 fully saturated rings. The monoisotopic (exact) mass is 334 g/mol. The van der Waals surface area contributed by atoms with E-state index in [1.807, 2.05) is 24.3 Å². The van der Waals surface area contributed by atoms with Crippen LogP contribution in [0.4, 0.5) is 17.6 Å². The van der Waals surface area contributed by atoms with Gasteiger partial charge in [-0.25, -0.2) is 15.0 Å². The van der Waals surface area contributed by atoms with E-state index in [0.29, 0.717) is 29.0 Å². The molecule has 0 amide bonds. The predicted molar refractivity (Wildman–Crippen MR) is 93.5 cm³/mol. The molecule has 124 valence electrons. The Labute approximate surface area is 141 Å². The van der Waals surface area contributed by atoms with Crippen molar-refractivity contribution in [2.24, 2.45) is 0 Å². The lowest BCUT2D eigenvalue weighted by atomic mass is 10.3. The normalized spacial score (nSPS) is 11.1. The first-order valence-corrected chi connectivity index (χ1v) is 7.37. The molecule has 4 aromatic rings. The van der Waals surface area contributed by atoms with Gasteiger partial charge in [0.25, 0.3) is 0 Å². The molecule has 0 aliphatic rings. The van der Waals surface area contributed by atoms with Gasteiger partial charge in [-0.3, -0.25) is 4.57 Å². The number of anilines is 3. The van der Waals surface area contributed by atoms with Crippen molar-refractivity contribution in [3.63, 3.8) is 0 Å². The van der Waals surface area contributed by atoms with Crippen molar-refractivity contribution in [1.82, 2.24) is 34.5 Å². The molecular weight excluding hydrogens is 320 g/mol. The minimum atomic E-state index is 0.0918. The van der Waals surface area contributed by atoms with Crippen LogP contribution in [0.5, 0.6) is 0 Å². The van der Waals surface area contributed by atoms with Crippen LogP contribution in [-0.2, 0) is 0 Å². The number of para-hydroxylation sites is 2. The molecule has 0 atom stereocenters. The zero-order valence-electron chi connectivity index (χ0n) is 13.2. The largest absolute Gasteiger partial charge is 0.396 e. The molecule has 0 radical (unpaired) electrons. The van der Waals surface area contributed by atoms with Crippen molar-refractivity contribution in [1.29, 1.82) is 0 Å². The second kappa shape index (κ2) is 5.37. The van der Waals surface area contributed by atoms with Crippen LogP contribution in [0, 0.1) is 6.92 Å². The third kappa shape index (κ3) is 2.45. The summed E-state index contributed by atoms with van der Waals surface area (Å²) >= 11 is 0. The molecule has 1 aromatic carbocycles. The van der Waals surface area contributed by atoms with E-state index in [1.54, 1.807) is 11.5 Å². The Hall–Kier alpha value is -3.82. The third-order valence-corrected chi connectivity index (χ3v) is 3.56. The summed E-state index contributed by atoms with van der Waals surface area (Å²) in [5.41, 5.74) is 19.8. The number of hydrogen-bond donors (Lipinski definition) is 3. The van der Waals surface area contributed by atoms with Gasteiger partial charge in [0.05, 0.1) is 22.9 Å². The molecule has 0 aliphatic heterocycles. The molecule has 3 aromatic heterocycles. The molecule has 0 saturated heterocycles. The van der Waals surface area contributed by atoms with Gasteiger partial charge in [-0.2, -0.15) is 15.0 Å². The molecule has 0 saturated carbocycles. The fourth-order valence-electron chi connectivity index (χ4n) is 2.56. The van der Waals surface area contributed by atoms with Crippen molar-refractivity contribution in [2.45, 2.75) is 6.92 Å². The number of hydrogen-bond acceptors (Lipinski definition) is 9. The standard InChI is InChI=1S/C15H14N10/c1-7-20-14(18)24-15(21-7)25-10-5-3-2-4-9(10)22-12(25)11-8(16)6-19-13(17)23-11/h2-6H,16H2,1H3,(H2,17,19,23)(H2,18,20,21,24). The maximum atomic E-state index is 6.04. The Balaban J connectivity index is 2.10. The van der Waals surface area contributed by atoms with Crippen LogP contribution < -0.4 is 17.2 Å². The van der Waals surface area contributed by atoms with Gasteiger partial charge >= 0.3 is 0 Å². The maximum absolute atomic E-state index is 6.04. The molecule has 0 aliphatic carbocycles. The molecule has 0 bridgehead atoms. The van der Waals surface area contributed by atoms with Gasteiger partial charge < -0.3 is 17.2 Å².